The lowest BCUT2D eigenvalue weighted by molar-refractivity contribution is -0.139. The lowest BCUT2D eigenvalue weighted by Gasteiger charge is -2.24. The minimum Gasteiger partial charge on any atom is -0.463 e. The maximum atomic E-state index is 13.5. The van der Waals surface area contributed by atoms with E-state index in [0.29, 0.717) is 26.5 Å². The molecule has 0 saturated heterocycles. The van der Waals surface area contributed by atoms with Gasteiger partial charge in [-0.1, -0.05) is 79.8 Å². The Labute approximate surface area is 191 Å². The number of carbonyl (C=O) groups is 1. The van der Waals surface area contributed by atoms with Crippen molar-refractivity contribution in [2.24, 2.45) is 4.99 Å². The van der Waals surface area contributed by atoms with Crippen LogP contribution in [-0.2, 0) is 9.53 Å². The lowest BCUT2D eigenvalue weighted by atomic mass is 9.96. The highest BCUT2D eigenvalue weighted by atomic mass is 32.1. The molecule has 1 aromatic heterocycles. The van der Waals surface area contributed by atoms with Gasteiger partial charge in [0.05, 0.1) is 28.5 Å². The number of esters is 1. The van der Waals surface area contributed by atoms with E-state index in [9.17, 15) is 9.59 Å². The highest BCUT2D eigenvalue weighted by molar-refractivity contribution is 7.07. The second-order valence-corrected chi connectivity index (χ2v) is 9.04. The Balaban J connectivity index is 1.89. The number of ether oxygens (including phenoxy) is 1. The zero-order chi connectivity index (χ0) is 22.8. The number of allylic oxidation sites excluding steroid dienone is 1. The molecule has 1 aliphatic heterocycles. The minimum atomic E-state index is -0.572. The summed E-state index contributed by atoms with van der Waals surface area (Å²) in [7, 11) is 0. The van der Waals surface area contributed by atoms with Crippen LogP contribution in [0.25, 0.3) is 6.08 Å². The summed E-state index contributed by atoms with van der Waals surface area (Å²) in [6.45, 7) is 8.13. The molecule has 0 saturated carbocycles. The van der Waals surface area contributed by atoms with Gasteiger partial charge in [-0.3, -0.25) is 9.36 Å². The molecular formula is C26H26N2O3S. The Morgan fingerprint density at radius 2 is 1.84 bits per heavy atom. The highest BCUT2D eigenvalue weighted by Crippen LogP contribution is 2.30. The molecule has 5 nitrogen and oxygen atoms in total. The van der Waals surface area contributed by atoms with E-state index in [1.807, 2.05) is 48.5 Å². The van der Waals surface area contributed by atoms with Gasteiger partial charge >= 0.3 is 5.97 Å². The largest absolute Gasteiger partial charge is 0.463 e. The van der Waals surface area contributed by atoms with Crippen LogP contribution in [0.1, 0.15) is 56.3 Å². The third-order valence-electron chi connectivity index (χ3n) is 5.53. The van der Waals surface area contributed by atoms with Gasteiger partial charge in [-0.2, -0.15) is 0 Å². The number of nitrogens with zero attached hydrogens (tertiary/aromatic N) is 2. The van der Waals surface area contributed by atoms with Gasteiger partial charge in [0.1, 0.15) is 0 Å². The molecule has 6 heteroatoms. The zero-order valence-electron chi connectivity index (χ0n) is 18.7. The number of carbonyl (C=O) groups excluding carboxylic acids is 1. The van der Waals surface area contributed by atoms with E-state index in [-0.39, 0.29) is 12.2 Å². The third kappa shape index (κ3) is 4.10. The first-order valence-electron chi connectivity index (χ1n) is 10.7. The first-order chi connectivity index (χ1) is 15.4. The lowest BCUT2D eigenvalue weighted by Crippen LogP contribution is -2.39. The number of thiazole rings is 1. The van der Waals surface area contributed by atoms with Crippen molar-refractivity contribution >= 4 is 23.4 Å². The third-order valence-corrected chi connectivity index (χ3v) is 6.52. The summed E-state index contributed by atoms with van der Waals surface area (Å²) in [6.07, 6.45) is 1.89. The van der Waals surface area contributed by atoms with Crippen LogP contribution in [0.4, 0.5) is 0 Å². The van der Waals surface area contributed by atoms with Crippen LogP contribution in [0.15, 0.2) is 75.7 Å². The van der Waals surface area contributed by atoms with Gasteiger partial charge in [0.2, 0.25) is 0 Å². The summed E-state index contributed by atoms with van der Waals surface area (Å²) in [6, 6.07) is 17.2. The smallest absolute Gasteiger partial charge is 0.338 e. The molecule has 1 unspecified atom stereocenters. The number of hydrogen-bond acceptors (Lipinski definition) is 5. The van der Waals surface area contributed by atoms with Gasteiger partial charge < -0.3 is 4.74 Å². The van der Waals surface area contributed by atoms with Crippen LogP contribution in [0.3, 0.4) is 0 Å². The van der Waals surface area contributed by atoms with E-state index in [1.54, 1.807) is 18.4 Å². The zero-order valence-corrected chi connectivity index (χ0v) is 19.5. The number of benzene rings is 2. The van der Waals surface area contributed by atoms with Crippen LogP contribution in [0.2, 0.25) is 0 Å². The minimum absolute atomic E-state index is 0.162. The highest BCUT2D eigenvalue weighted by Gasteiger charge is 2.33. The van der Waals surface area contributed by atoms with Crippen molar-refractivity contribution in [1.82, 2.24) is 4.57 Å². The monoisotopic (exact) mass is 446 g/mol. The molecule has 1 aliphatic rings. The Kier molecular flexibility index (Phi) is 6.24. The summed E-state index contributed by atoms with van der Waals surface area (Å²) in [5.41, 5.74) is 3.87. The molecule has 0 aliphatic carbocycles. The molecule has 3 aromatic rings. The predicted octanol–water partition coefficient (Wildman–Crippen LogP) is 3.92. The molecular weight excluding hydrogens is 420 g/mol. The molecule has 4 rings (SSSR count). The maximum absolute atomic E-state index is 13.5. The summed E-state index contributed by atoms with van der Waals surface area (Å²) >= 11 is 1.34. The standard InChI is InChI=1S/C26H26N2O3S/c1-5-31-25(30)22-17(4)27-26-28(23(22)20-9-7-6-8-10-20)24(29)21(32-26)15-18-11-13-19(14-12-18)16(2)3/h6-16,23H,5H2,1-4H3/b21-15-. The molecule has 164 valence electrons. The first-order valence-corrected chi connectivity index (χ1v) is 11.6. The van der Waals surface area contributed by atoms with Crippen molar-refractivity contribution in [2.45, 2.75) is 39.7 Å². The van der Waals surface area contributed by atoms with Crippen LogP contribution in [-0.4, -0.2) is 17.1 Å². The van der Waals surface area contributed by atoms with E-state index in [0.717, 1.165) is 11.1 Å². The van der Waals surface area contributed by atoms with Crippen molar-refractivity contribution in [3.63, 3.8) is 0 Å². The van der Waals surface area contributed by atoms with Gasteiger partial charge in [-0.25, -0.2) is 9.79 Å². The maximum Gasteiger partial charge on any atom is 0.338 e. The second kappa shape index (κ2) is 9.09. The quantitative estimate of drug-likeness (QED) is 0.558. The van der Waals surface area contributed by atoms with E-state index >= 15 is 0 Å². The predicted molar refractivity (Wildman–Crippen MR) is 127 cm³/mol. The van der Waals surface area contributed by atoms with Gasteiger partial charge in [0.25, 0.3) is 5.56 Å². The summed E-state index contributed by atoms with van der Waals surface area (Å²) in [5, 5.41) is 0. The molecule has 0 spiro atoms. The average molecular weight is 447 g/mol. The Hall–Kier alpha value is -3.25. The molecule has 0 fully saturated rings. The van der Waals surface area contributed by atoms with Crippen LogP contribution in [0, 0.1) is 0 Å². The topological polar surface area (TPSA) is 60.7 Å². The summed E-state index contributed by atoms with van der Waals surface area (Å²) in [4.78, 5) is 31.5. The number of fused-ring (bicyclic) bond motifs is 1. The van der Waals surface area contributed by atoms with E-state index in [2.05, 4.69) is 31.0 Å². The summed E-state index contributed by atoms with van der Waals surface area (Å²) < 4.78 is 7.52. The fourth-order valence-electron chi connectivity index (χ4n) is 3.87. The van der Waals surface area contributed by atoms with Crippen molar-refractivity contribution in [3.8, 4) is 0 Å². The molecule has 1 atom stereocenters. The van der Waals surface area contributed by atoms with Gasteiger partial charge in [-0.15, -0.1) is 0 Å². The number of rotatable bonds is 5. The van der Waals surface area contributed by atoms with Gasteiger partial charge in [0, 0.05) is 0 Å². The van der Waals surface area contributed by atoms with Crippen LogP contribution in [0.5, 0.6) is 0 Å². The Morgan fingerprint density at radius 3 is 2.47 bits per heavy atom. The second-order valence-electron chi connectivity index (χ2n) is 8.03. The molecule has 0 amide bonds. The fourth-order valence-corrected chi connectivity index (χ4v) is 4.92. The first kappa shape index (κ1) is 22.0. The number of aromatic nitrogens is 1. The number of hydrogen-bond donors (Lipinski definition) is 0. The van der Waals surface area contributed by atoms with Crippen molar-refractivity contribution in [1.29, 1.82) is 0 Å². The van der Waals surface area contributed by atoms with E-state index in [4.69, 9.17) is 4.74 Å². The molecule has 0 bridgehead atoms. The van der Waals surface area contributed by atoms with Crippen molar-refractivity contribution < 1.29 is 9.53 Å². The normalized spacial score (nSPS) is 16.2. The van der Waals surface area contributed by atoms with Crippen molar-refractivity contribution in [2.75, 3.05) is 6.61 Å². The SMILES string of the molecule is CCOC(=O)C1=C(C)N=c2s/c(=C\c3ccc(C(C)C)cc3)c(=O)n2C1c1ccccc1. The summed E-state index contributed by atoms with van der Waals surface area (Å²) in [5.74, 6) is 0.00524. The molecule has 2 aromatic carbocycles. The van der Waals surface area contributed by atoms with Crippen molar-refractivity contribution in [3.05, 3.63) is 102 Å². The Bertz CT molecular complexity index is 1350. The molecule has 0 radical (unpaired) electrons. The van der Waals surface area contributed by atoms with Gasteiger partial charge in [-0.05, 0) is 42.5 Å². The molecule has 32 heavy (non-hydrogen) atoms. The fraction of sp³-hybridized carbons (Fsp3) is 0.269. The van der Waals surface area contributed by atoms with E-state index < -0.39 is 12.0 Å². The van der Waals surface area contributed by atoms with Crippen LogP contribution < -0.4 is 14.9 Å². The molecule has 0 N–H and O–H groups in total. The van der Waals surface area contributed by atoms with E-state index in [1.165, 1.54) is 16.9 Å². The Morgan fingerprint density at radius 1 is 1.16 bits per heavy atom. The molecule has 2 heterocycles. The van der Waals surface area contributed by atoms with Crippen LogP contribution >= 0.6 is 11.3 Å². The average Bonchev–Trinajstić information content (AvgIpc) is 3.08. The van der Waals surface area contributed by atoms with Gasteiger partial charge in [0.15, 0.2) is 4.80 Å².